The average molecular weight is 223 g/mol. The van der Waals surface area contributed by atoms with Crippen LogP contribution in [0.15, 0.2) is 12.1 Å². The van der Waals surface area contributed by atoms with E-state index in [4.69, 9.17) is 9.84 Å². The molecule has 0 heterocycles. The molecule has 0 atom stereocenters. The molecule has 3 nitrogen and oxygen atoms in total. The summed E-state index contributed by atoms with van der Waals surface area (Å²) in [6, 6.07) is 4.26. The monoisotopic (exact) mass is 223 g/mol. The summed E-state index contributed by atoms with van der Waals surface area (Å²) in [5.41, 5.74) is 3.63. The Morgan fingerprint density at radius 3 is 2.31 bits per heavy atom. The molecule has 0 saturated carbocycles. The summed E-state index contributed by atoms with van der Waals surface area (Å²) in [6.07, 6.45) is 0. The van der Waals surface area contributed by atoms with Crippen molar-refractivity contribution >= 4 is 0 Å². The number of benzene rings is 1. The van der Waals surface area contributed by atoms with Gasteiger partial charge in [-0.05, 0) is 31.9 Å². The number of rotatable bonds is 6. The van der Waals surface area contributed by atoms with Gasteiger partial charge < -0.3 is 15.2 Å². The maximum Gasteiger partial charge on any atom is 0.125 e. The third-order valence-electron chi connectivity index (χ3n) is 2.42. The summed E-state index contributed by atoms with van der Waals surface area (Å²) in [7, 11) is 0. The molecule has 0 spiro atoms. The highest BCUT2D eigenvalue weighted by Crippen LogP contribution is 2.24. The quantitative estimate of drug-likeness (QED) is 0.719. The summed E-state index contributed by atoms with van der Waals surface area (Å²) in [5, 5.41) is 11.7. The van der Waals surface area contributed by atoms with Gasteiger partial charge in [-0.25, -0.2) is 0 Å². The van der Waals surface area contributed by atoms with Crippen molar-refractivity contribution in [1.82, 2.24) is 5.32 Å². The summed E-state index contributed by atoms with van der Waals surface area (Å²) < 4.78 is 5.72. The first-order valence-corrected chi connectivity index (χ1v) is 5.67. The minimum atomic E-state index is 0.169. The molecule has 3 heteroatoms. The summed E-state index contributed by atoms with van der Waals surface area (Å²) >= 11 is 0. The number of aliphatic hydroxyl groups excluding tert-OH is 1. The molecule has 90 valence electrons. The SMILES string of the molecule is Cc1cc(C)c(OCCNCCO)c(C)c1. The van der Waals surface area contributed by atoms with Crippen LogP contribution in [-0.4, -0.2) is 31.4 Å². The van der Waals surface area contributed by atoms with Gasteiger partial charge in [0, 0.05) is 13.1 Å². The Morgan fingerprint density at radius 1 is 1.12 bits per heavy atom. The van der Waals surface area contributed by atoms with Gasteiger partial charge in [-0.1, -0.05) is 17.7 Å². The molecule has 0 amide bonds. The summed E-state index contributed by atoms with van der Waals surface area (Å²) in [6.45, 7) is 8.40. The third-order valence-corrected chi connectivity index (χ3v) is 2.42. The van der Waals surface area contributed by atoms with Gasteiger partial charge in [-0.15, -0.1) is 0 Å². The predicted octanol–water partition coefficient (Wildman–Crippen LogP) is 1.57. The molecule has 0 aliphatic carbocycles. The molecule has 0 radical (unpaired) electrons. The van der Waals surface area contributed by atoms with Crippen LogP contribution in [0.25, 0.3) is 0 Å². The van der Waals surface area contributed by atoms with E-state index in [1.165, 1.54) is 16.7 Å². The van der Waals surface area contributed by atoms with Gasteiger partial charge >= 0.3 is 0 Å². The minimum absolute atomic E-state index is 0.169. The van der Waals surface area contributed by atoms with Crippen LogP contribution in [0.5, 0.6) is 5.75 Å². The second-order valence-electron chi connectivity index (χ2n) is 4.05. The lowest BCUT2D eigenvalue weighted by atomic mass is 10.1. The normalized spacial score (nSPS) is 10.5. The maximum absolute atomic E-state index is 8.60. The molecule has 0 aromatic heterocycles. The van der Waals surface area contributed by atoms with Crippen LogP contribution in [0.2, 0.25) is 0 Å². The second-order valence-corrected chi connectivity index (χ2v) is 4.05. The van der Waals surface area contributed by atoms with Crippen LogP contribution < -0.4 is 10.1 Å². The topological polar surface area (TPSA) is 41.5 Å². The maximum atomic E-state index is 8.60. The molecule has 0 aliphatic heterocycles. The summed E-state index contributed by atoms with van der Waals surface area (Å²) in [4.78, 5) is 0. The molecule has 0 saturated heterocycles. The first-order chi connectivity index (χ1) is 7.65. The number of ether oxygens (including phenoxy) is 1. The fourth-order valence-corrected chi connectivity index (χ4v) is 1.82. The lowest BCUT2D eigenvalue weighted by Crippen LogP contribution is -2.24. The molecule has 1 aromatic rings. The van der Waals surface area contributed by atoms with Crippen LogP contribution in [0.1, 0.15) is 16.7 Å². The highest BCUT2D eigenvalue weighted by atomic mass is 16.5. The zero-order valence-electron chi connectivity index (χ0n) is 10.3. The lowest BCUT2D eigenvalue weighted by molar-refractivity contribution is 0.274. The Kier molecular flexibility index (Phi) is 5.29. The van der Waals surface area contributed by atoms with E-state index in [1.54, 1.807) is 0 Å². The number of aryl methyl sites for hydroxylation is 3. The van der Waals surface area contributed by atoms with Crippen LogP contribution >= 0.6 is 0 Å². The Bertz CT molecular complexity index is 314. The van der Waals surface area contributed by atoms with E-state index in [2.05, 4.69) is 38.2 Å². The number of aliphatic hydroxyl groups is 1. The molecule has 0 bridgehead atoms. The van der Waals surface area contributed by atoms with Crippen molar-refractivity contribution in [3.05, 3.63) is 28.8 Å². The lowest BCUT2D eigenvalue weighted by Gasteiger charge is -2.13. The van der Waals surface area contributed by atoms with Crippen LogP contribution in [0.4, 0.5) is 0 Å². The zero-order valence-corrected chi connectivity index (χ0v) is 10.3. The first kappa shape index (κ1) is 13.0. The van der Waals surface area contributed by atoms with E-state index in [-0.39, 0.29) is 6.61 Å². The van der Waals surface area contributed by atoms with E-state index in [9.17, 15) is 0 Å². The fourth-order valence-electron chi connectivity index (χ4n) is 1.82. The number of hydrogen-bond donors (Lipinski definition) is 2. The van der Waals surface area contributed by atoms with Gasteiger partial charge in [0.05, 0.1) is 6.61 Å². The van der Waals surface area contributed by atoms with Crippen molar-refractivity contribution in [2.45, 2.75) is 20.8 Å². The predicted molar refractivity (Wildman–Crippen MR) is 66.1 cm³/mol. The zero-order chi connectivity index (χ0) is 12.0. The van der Waals surface area contributed by atoms with Crippen molar-refractivity contribution in [3.8, 4) is 5.75 Å². The molecule has 1 rings (SSSR count). The van der Waals surface area contributed by atoms with Gasteiger partial charge in [-0.3, -0.25) is 0 Å². The highest BCUT2D eigenvalue weighted by molar-refractivity contribution is 5.42. The fraction of sp³-hybridized carbons (Fsp3) is 0.538. The van der Waals surface area contributed by atoms with Crippen LogP contribution in [0, 0.1) is 20.8 Å². The molecule has 16 heavy (non-hydrogen) atoms. The molecule has 0 unspecified atom stereocenters. The second kappa shape index (κ2) is 6.51. The minimum Gasteiger partial charge on any atom is -0.492 e. The van der Waals surface area contributed by atoms with Gasteiger partial charge in [0.1, 0.15) is 12.4 Å². The Hall–Kier alpha value is -1.06. The smallest absolute Gasteiger partial charge is 0.125 e. The van der Waals surface area contributed by atoms with Crippen molar-refractivity contribution < 1.29 is 9.84 Å². The van der Waals surface area contributed by atoms with E-state index in [0.717, 1.165) is 12.3 Å². The Balaban J connectivity index is 2.47. The molecule has 0 fully saturated rings. The number of nitrogens with one attached hydrogen (secondary N) is 1. The Labute approximate surface area is 97.4 Å². The van der Waals surface area contributed by atoms with Crippen molar-refractivity contribution in [2.24, 2.45) is 0 Å². The van der Waals surface area contributed by atoms with Crippen molar-refractivity contribution in [2.75, 3.05) is 26.3 Å². The standard InChI is InChI=1S/C13H21NO2/c1-10-8-11(2)13(12(3)9-10)16-7-5-14-4-6-15/h8-9,14-15H,4-7H2,1-3H3. The first-order valence-electron chi connectivity index (χ1n) is 5.67. The number of hydrogen-bond acceptors (Lipinski definition) is 3. The molecular formula is C13H21NO2. The molecule has 2 N–H and O–H groups in total. The van der Waals surface area contributed by atoms with Crippen molar-refractivity contribution in [1.29, 1.82) is 0 Å². The van der Waals surface area contributed by atoms with Crippen LogP contribution in [0.3, 0.4) is 0 Å². The summed E-state index contributed by atoms with van der Waals surface area (Å²) in [5.74, 6) is 0.983. The molecule has 1 aromatic carbocycles. The van der Waals surface area contributed by atoms with Crippen LogP contribution in [-0.2, 0) is 0 Å². The van der Waals surface area contributed by atoms with E-state index in [1.807, 2.05) is 0 Å². The van der Waals surface area contributed by atoms with E-state index >= 15 is 0 Å². The third kappa shape index (κ3) is 3.83. The van der Waals surface area contributed by atoms with E-state index in [0.29, 0.717) is 13.2 Å². The average Bonchev–Trinajstić information content (AvgIpc) is 2.20. The Morgan fingerprint density at radius 2 is 1.75 bits per heavy atom. The van der Waals surface area contributed by atoms with Gasteiger partial charge in [-0.2, -0.15) is 0 Å². The van der Waals surface area contributed by atoms with E-state index < -0.39 is 0 Å². The van der Waals surface area contributed by atoms with Crippen molar-refractivity contribution in [3.63, 3.8) is 0 Å². The van der Waals surface area contributed by atoms with Gasteiger partial charge in [0.2, 0.25) is 0 Å². The highest BCUT2D eigenvalue weighted by Gasteiger charge is 2.04. The molecular weight excluding hydrogens is 202 g/mol. The molecule has 0 aliphatic rings. The largest absolute Gasteiger partial charge is 0.492 e. The van der Waals surface area contributed by atoms with Gasteiger partial charge in [0.15, 0.2) is 0 Å². The van der Waals surface area contributed by atoms with Gasteiger partial charge in [0.25, 0.3) is 0 Å².